The van der Waals surface area contributed by atoms with E-state index in [2.05, 4.69) is 22.1 Å². The number of nitrogens with zero attached hydrogens (tertiary/aromatic N) is 3. The summed E-state index contributed by atoms with van der Waals surface area (Å²) in [5, 5.41) is 3.04. The lowest BCUT2D eigenvalue weighted by atomic mass is 9.95. The van der Waals surface area contributed by atoms with Crippen LogP contribution in [0.2, 0.25) is 0 Å². The first kappa shape index (κ1) is 24.0. The molecule has 2 aliphatic heterocycles. The predicted molar refractivity (Wildman–Crippen MR) is 130 cm³/mol. The minimum absolute atomic E-state index is 0.0468. The van der Waals surface area contributed by atoms with Crippen molar-refractivity contribution in [3.05, 3.63) is 54.2 Å². The molecule has 1 atom stereocenters. The third-order valence-electron chi connectivity index (χ3n) is 6.39. The van der Waals surface area contributed by atoms with Crippen molar-refractivity contribution < 1.29 is 19.1 Å². The number of nitrogens with one attached hydrogen (secondary N) is 1. The van der Waals surface area contributed by atoms with Gasteiger partial charge < -0.3 is 24.6 Å². The molecule has 2 amide bonds. The first-order valence-corrected chi connectivity index (χ1v) is 12.1. The lowest BCUT2D eigenvalue weighted by Gasteiger charge is -2.32. The molecule has 3 heterocycles. The zero-order valence-corrected chi connectivity index (χ0v) is 19.8. The summed E-state index contributed by atoms with van der Waals surface area (Å²) in [5.41, 5.74) is 0.976. The molecule has 1 unspecified atom stereocenters. The summed E-state index contributed by atoms with van der Waals surface area (Å²) in [7, 11) is 0. The van der Waals surface area contributed by atoms with Crippen LogP contribution in [0.5, 0.6) is 5.75 Å². The molecule has 182 valence electrons. The summed E-state index contributed by atoms with van der Waals surface area (Å²) in [6.45, 7) is 6.50. The molecule has 0 saturated carbocycles. The Morgan fingerprint density at radius 2 is 1.91 bits per heavy atom. The summed E-state index contributed by atoms with van der Waals surface area (Å²) in [6.07, 6.45) is 3.75. The number of piperidine rings is 1. The number of likely N-dealkylation sites (tertiary alicyclic amines) is 1. The summed E-state index contributed by atoms with van der Waals surface area (Å²) in [6, 6.07) is 13.5. The molecule has 2 aliphatic rings. The molecule has 8 nitrogen and oxygen atoms in total. The number of amides is 2. The van der Waals surface area contributed by atoms with Gasteiger partial charge in [0.25, 0.3) is 0 Å². The molecule has 2 fully saturated rings. The van der Waals surface area contributed by atoms with Crippen LogP contribution >= 0.6 is 0 Å². The zero-order chi connectivity index (χ0) is 23.8. The number of benzene rings is 1. The van der Waals surface area contributed by atoms with Gasteiger partial charge >= 0.3 is 0 Å². The highest BCUT2D eigenvalue weighted by molar-refractivity contribution is 5.80. The van der Waals surface area contributed by atoms with Crippen molar-refractivity contribution in [1.29, 1.82) is 0 Å². The summed E-state index contributed by atoms with van der Waals surface area (Å²) in [4.78, 5) is 33.7. The number of anilines is 1. The Kier molecular flexibility index (Phi) is 8.36. The van der Waals surface area contributed by atoms with Crippen LogP contribution in [0.4, 0.5) is 5.82 Å². The number of aromatic nitrogens is 1. The highest BCUT2D eigenvalue weighted by Gasteiger charge is 2.27. The van der Waals surface area contributed by atoms with E-state index in [0.29, 0.717) is 52.1 Å². The van der Waals surface area contributed by atoms with E-state index < -0.39 is 0 Å². The summed E-state index contributed by atoms with van der Waals surface area (Å²) < 4.78 is 11.2. The Bertz CT molecular complexity index is 930. The van der Waals surface area contributed by atoms with Gasteiger partial charge in [-0.2, -0.15) is 0 Å². The number of morpholine rings is 1. The standard InChI is InChI=1S/C26H34N4O4/c1-20-19-30(14-16-33-20)24-8-7-21(17-27-24)18-28-26(32)22-9-12-29(13-10-22)25(31)11-15-34-23-5-3-2-4-6-23/h2-8,17,20,22H,9-16,18-19H2,1H3,(H,28,32). The molecule has 1 aromatic carbocycles. The molecule has 4 rings (SSSR count). The number of hydrogen-bond acceptors (Lipinski definition) is 6. The number of ether oxygens (including phenoxy) is 2. The van der Waals surface area contributed by atoms with E-state index >= 15 is 0 Å². The fourth-order valence-electron chi connectivity index (χ4n) is 4.39. The quantitative estimate of drug-likeness (QED) is 0.644. The lowest BCUT2D eigenvalue weighted by molar-refractivity contribution is -0.136. The second kappa shape index (κ2) is 11.8. The van der Waals surface area contributed by atoms with Crippen molar-refractivity contribution in [2.45, 2.75) is 38.8 Å². The van der Waals surface area contributed by atoms with Crippen molar-refractivity contribution in [3.8, 4) is 5.75 Å². The second-order valence-corrected chi connectivity index (χ2v) is 8.94. The predicted octanol–water partition coefficient (Wildman–Crippen LogP) is 2.63. The highest BCUT2D eigenvalue weighted by Crippen LogP contribution is 2.19. The Morgan fingerprint density at radius 3 is 2.62 bits per heavy atom. The van der Waals surface area contributed by atoms with Gasteiger partial charge in [0.05, 0.1) is 25.7 Å². The van der Waals surface area contributed by atoms with E-state index in [1.807, 2.05) is 53.6 Å². The van der Waals surface area contributed by atoms with Crippen LogP contribution < -0.4 is 15.0 Å². The van der Waals surface area contributed by atoms with Gasteiger partial charge in [0.15, 0.2) is 0 Å². The summed E-state index contributed by atoms with van der Waals surface area (Å²) >= 11 is 0. The number of rotatable bonds is 8. The Morgan fingerprint density at radius 1 is 1.12 bits per heavy atom. The first-order valence-electron chi connectivity index (χ1n) is 12.1. The van der Waals surface area contributed by atoms with Crippen molar-refractivity contribution in [1.82, 2.24) is 15.2 Å². The fraction of sp³-hybridized carbons (Fsp3) is 0.500. The third-order valence-corrected chi connectivity index (χ3v) is 6.39. The van der Waals surface area contributed by atoms with Crippen LogP contribution in [0.15, 0.2) is 48.7 Å². The molecule has 1 aromatic heterocycles. The molecule has 0 radical (unpaired) electrons. The average molecular weight is 467 g/mol. The van der Waals surface area contributed by atoms with Gasteiger partial charge in [0.1, 0.15) is 11.6 Å². The molecule has 2 saturated heterocycles. The van der Waals surface area contributed by atoms with Gasteiger partial charge in [-0.3, -0.25) is 9.59 Å². The fourth-order valence-corrected chi connectivity index (χ4v) is 4.39. The molecule has 8 heteroatoms. The smallest absolute Gasteiger partial charge is 0.225 e. The van der Waals surface area contributed by atoms with Crippen molar-refractivity contribution in [2.75, 3.05) is 44.3 Å². The van der Waals surface area contributed by atoms with Crippen LogP contribution in [0.3, 0.4) is 0 Å². The van der Waals surface area contributed by atoms with E-state index in [-0.39, 0.29) is 23.8 Å². The number of para-hydroxylation sites is 1. The molecule has 2 aromatic rings. The maximum atomic E-state index is 12.7. The Hall–Kier alpha value is -3.13. The van der Waals surface area contributed by atoms with Gasteiger partial charge in [-0.1, -0.05) is 24.3 Å². The normalized spacial score (nSPS) is 19.0. The van der Waals surface area contributed by atoms with Crippen LogP contribution in [0.25, 0.3) is 0 Å². The molecule has 34 heavy (non-hydrogen) atoms. The van der Waals surface area contributed by atoms with Crippen LogP contribution in [0, 0.1) is 5.92 Å². The highest BCUT2D eigenvalue weighted by atomic mass is 16.5. The SMILES string of the molecule is CC1CN(c2ccc(CNC(=O)C3CCN(C(=O)CCOc4ccccc4)CC3)cn2)CCO1. The molecular formula is C26H34N4O4. The van der Waals surface area contributed by atoms with Crippen LogP contribution in [-0.4, -0.2) is 67.2 Å². The maximum absolute atomic E-state index is 12.7. The largest absolute Gasteiger partial charge is 0.493 e. The van der Waals surface area contributed by atoms with E-state index in [0.717, 1.165) is 30.2 Å². The van der Waals surface area contributed by atoms with Gasteiger partial charge in [0.2, 0.25) is 11.8 Å². The van der Waals surface area contributed by atoms with E-state index in [1.54, 1.807) is 0 Å². The van der Waals surface area contributed by atoms with Crippen molar-refractivity contribution >= 4 is 17.6 Å². The molecule has 0 spiro atoms. The van der Waals surface area contributed by atoms with Crippen molar-refractivity contribution in [3.63, 3.8) is 0 Å². The number of carbonyl (C=O) groups is 2. The Balaban J connectivity index is 1.15. The maximum Gasteiger partial charge on any atom is 0.225 e. The minimum Gasteiger partial charge on any atom is -0.493 e. The summed E-state index contributed by atoms with van der Waals surface area (Å²) in [5.74, 6) is 1.77. The average Bonchev–Trinajstić information content (AvgIpc) is 2.88. The van der Waals surface area contributed by atoms with Gasteiger partial charge in [-0.25, -0.2) is 4.98 Å². The monoisotopic (exact) mass is 466 g/mol. The third kappa shape index (κ3) is 6.70. The minimum atomic E-state index is -0.0633. The Labute approximate surface area is 201 Å². The number of carbonyl (C=O) groups excluding carboxylic acids is 2. The van der Waals surface area contributed by atoms with Gasteiger partial charge in [0, 0.05) is 44.8 Å². The zero-order valence-electron chi connectivity index (χ0n) is 19.8. The molecule has 1 N–H and O–H groups in total. The van der Waals surface area contributed by atoms with Crippen molar-refractivity contribution in [2.24, 2.45) is 5.92 Å². The van der Waals surface area contributed by atoms with Crippen LogP contribution in [-0.2, 0) is 20.9 Å². The molecule has 0 bridgehead atoms. The molecule has 0 aliphatic carbocycles. The number of hydrogen-bond donors (Lipinski definition) is 1. The van der Waals surface area contributed by atoms with Gasteiger partial charge in [-0.15, -0.1) is 0 Å². The topological polar surface area (TPSA) is 84.0 Å². The van der Waals surface area contributed by atoms with E-state index in [4.69, 9.17) is 9.47 Å². The lowest BCUT2D eigenvalue weighted by Crippen LogP contribution is -2.43. The van der Waals surface area contributed by atoms with Gasteiger partial charge in [-0.05, 0) is 43.5 Å². The van der Waals surface area contributed by atoms with E-state index in [9.17, 15) is 9.59 Å². The molecular weight excluding hydrogens is 432 g/mol. The number of pyridine rings is 1. The second-order valence-electron chi connectivity index (χ2n) is 8.94. The van der Waals surface area contributed by atoms with Crippen LogP contribution in [0.1, 0.15) is 31.7 Å². The first-order chi connectivity index (χ1) is 16.6. The van der Waals surface area contributed by atoms with E-state index in [1.165, 1.54) is 0 Å².